The van der Waals surface area contributed by atoms with Crippen molar-refractivity contribution in [3.05, 3.63) is 0 Å². The Hall–Kier alpha value is -1.38. The van der Waals surface area contributed by atoms with E-state index in [-0.39, 0.29) is 25.3 Å². The highest BCUT2D eigenvalue weighted by Gasteiger charge is 2.17. The number of aliphatic hydroxyl groups excluding tert-OH is 1. The van der Waals surface area contributed by atoms with E-state index < -0.39 is 6.16 Å². The lowest BCUT2D eigenvalue weighted by Crippen LogP contribution is -2.38. The average Bonchev–Trinajstić information content (AvgIpc) is 3.13. The molecule has 0 aromatic heterocycles. The number of ether oxygens (including phenoxy) is 3. The molecular formula is C43H86N2O6. The van der Waals surface area contributed by atoms with Crippen molar-refractivity contribution in [2.24, 2.45) is 5.92 Å². The van der Waals surface area contributed by atoms with E-state index in [1.165, 1.54) is 89.9 Å². The number of aliphatic hydroxyl groups is 1. The molecule has 0 rings (SSSR count). The Kier molecular flexibility index (Phi) is 37.3. The normalized spacial score (nSPS) is 12.8. The van der Waals surface area contributed by atoms with Crippen LogP contribution < -0.4 is 0 Å². The van der Waals surface area contributed by atoms with Gasteiger partial charge in [-0.3, -0.25) is 9.69 Å². The van der Waals surface area contributed by atoms with Gasteiger partial charge in [-0.05, 0) is 64.0 Å². The predicted octanol–water partition coefficient (Wildman–Crippen LogP) is 11.1. The van der Waals surface area contributed by atoms with Gasteiger partial charge in [0, 0.05) is 32.6 Å². The number of unbranched alkanes of at least 4 members (excludes halogenated alkanes) is 16. The van der Waals surface area contributed by atoms with Gasteiger partial charge in [-0.2, -0.15) is 0 Å². The first-order valence-corrected chi connectivity index (χ1v) is 22.0. The van der Waals surface area contributed by atoms with Crippen LogP contribution in [0.15, 0.2) is 0 Å². The Bertz CT molecular complexity index is 750. The van der Waals surface area contributed by atoms with E-state index in [2.05, 4.69) is 44.4 Å². The first-order chi connectivity index (χ1) is 24.9. The summed E-state index contributed by atoms with van der Waals surface area (Å²) < 4.78 is 17.1. The molecule has 0 aromatic rings. The van der Waals surface area contributed by atoms with Gasteiger partial charge in [0.2, 0.25) is 0 Å². The van der Waals surface area contributed by atoms with Crippen LogP contribution in [0.25, 0.3) is 0 Å². The van der Waals surface area contributed by atoms with Gasteiger partial charge in [0.25, 0.3) is 0 Å². The molecule has 1 N–H and O–H groups in total. The van der Waals surface area contributed by atoms with Crippen molar-refractivity contribution in [3.8, 4) is 0 Å². The first kappa shape index (κ1) is 49.6. The Balaban J connectivity index is 4.36. The summed E-state index contributed by atoms with van der Waals surface area (Å²) >= 11 is 0. The maximum Gasteiger partial charge on any atom is 0.508 e. The molecule has 0 aliphatic heterocycles. The highest BCUT2D eigenvalue weighted by molar-refractivity contribution is 5.69. The number of hydrogen-bond donors (Lipinski definition) is 1. The van der Waals surface area contributed by atoms with Crippen LogP contribution in [-0.4, -0.2) is 92.2 Å². The molecule has 2 atom stereocenters. The highest BCUT2D eigenvalue weighted by atomic mass is 16.7. The van der Waals surface area contributed by atoms with Crippen molar-refractivity contribution < 1.29 is 28.9 Å². The van der Waals surface area contributed by atoms with Gasteiger partial charge < -0.3 is 24.2 Å². The van der Waals surface area contributed by atoms with Gasteiger partial charge in [-0.1, -0.05) is 144 Å². The maximum atomic E-state index is 12.6. The largest absolute Gasteiger partial charge is 0.508 e. The molecule has 304 valence electrons. The second kappa shape index (κ2) is 38.3. The monoisotopic (exact) mass is 727 g/mol. The molecule has 0 heterocycles. The highest BCUT2D eigenvalue weighted by Crippen LogP contribution is 2.21. The Morgan fingerprint density at radius 3 is 1.53 bits per heavy atom. The minimum absolute atomic E-state index is 0.0211. The van der Waals surface area contributed by atoms with Gasteiger partial charge in [0.1, 0.15) is 12.7 Å². The van der Waals surface area contributed by atoms with E-state index in [1.807, 2.05) is 0 Å². The van der Waals surface area contributed by atoms with Crippen LogP contribution >= 0.6 is 0 Å². The summed E-state index contributed by atoms with van der Waals surface area (Å²) in [6, 6.07) is 0. The van der Waals surface area contributed by atoms with Crippen LogP contribution in [-0.2, 0) is 19.0 Å². The molecule has 0 aliphatic carbocycles. The topological polar surface area (TPSA) is 88.5 Å². The van der Waals surface area contributed by atoms with E-state index >= 15 is 0 Å². The molecule has 8 heteroatoms. The number of rotatable bonds is 39. The summed E-state index contributed by atoms with van der Waals surface area (Å²) in [6.45, 7) is 16.9. The number of hydrogen-bond acceptors (Lipinski definition) is 8. The van der Waals surface area contributed by atoms with E-state index in [1.54, 1.807) is 0 Å². The number of carbonyl (C=O) groups excluding carboxylic acids is 2. The van der Waals surface area contributed by atoms with Crippen molar-refractivity contribution in [2.75, 3.05) is 59.1 Å². The minimum atomic E-state index is -0.569. The smallest absolute Gasteiger partial charge is 0.465 e. The zero-order valence-electron chi connectivity index (χ0n) is 34.6. The fraction of sp³-hybridized carbons (Fsp3) is 0.953. The van der Waals surface area contributed by atoms with Crippen molar-refractivity contribution in [2.45, 2.75) is 201 Å². The van der Waals surface area contributed by atoms with Gasteiger partial charge in [0.15, 0.2) is 0 Å². The molecule has 8 nitrogen and oxygen atoms in total. The van der Waals surface area contributed by atoms with E-state index in [9.17, 15) is 14.7 Å². The Labute approximate surface area is 316 Å². The predicted molar refractivity (Wildman–Crippen MR) is 214 cm³/mol. The molecule has 51 heavy (non-hydrogen) atoms. The SMILES string of the molecule is CCCCCCCCC(CCCCCC)COC(=O)CCCCCCCCC(CCCCCC)OC(=O)OCCN(CCO)CCN(CC)CC. The lowest BCUT2D eigenvalue weighted by atomic mass is 9.95. The lowest BCUT2D eigenvalue weighted by molar-refractivity contribution is -0.145. The summed E-state index contributed by atoms with van der Waals surface area (Å²) in [5.41, 5.74) is 0. The van der Waals surface area contributed by atoms with E-state index in [4.69, 9.17) is 14.2 Å². The molecule has 0 fully saturated rings. The Morgan fingerprint density at radius 2 is 1.00 bits per heavy atom. The van der Waals surface area contributed by atoms with Gasteiger partial charge in [0.05, 0.1) is 13.2 Å². The zero-order valence-corrected chi connectivity index (χ0v) is 34.6. The Morgan fingerprint density at radius 1 is 0.529 bits per heavy atom. The van der Waals surface area contributed by atoms with Crippen molar-refractivity contribution in [3.63, 3.8) is 0 Å². The number of nitrogens with zero attached hydrogens (tertiary/aromatic N) is 2. The van der Waals surface area contributed by atoms with Gasteiger partial charge in [-0.15, -0.1) is 0 Å². The van der Waals surface area contributed by atoms with Crippen molar-refractivity contribution >= 4 is 12.1 Å². The molecule has 0 aliphatic rings. The maximum absolute atomic E-state index is 12.6. The molecule has 0 aromatic carbocycles. The fourth-order valence-corrected chi connectivity index (χ4v) is 6.80. The lowest BCUT2D eigenvalue weighted by Gasteiger charge is -2.25. The molecule has 0 bridgehead atoms. The summed E-state index contributed by atoms with van der Waals surface area (Å²) in [7, 11) is 0. The number of likely N-dealkylation sites (N-methyl/N-ethyl adjacent to an activating group) is 1. The van der Waals surface area contributed by atoms with Crippen LogP contribution in [0.2, 0.25) is 0 Å². The molecule has 0 amide bonds. The second-order valence-electron chi connectivity index (χ2n) is 14.9. The number of carbonyl (C=O) groups is 2. The summed E-state index contributed by atoms with van der Waals surface area (Å²) in [6.07, 6.45) is 27.9. The molecule has 2 unspecified atom stereocenters. The molecule has 0 saturated heterocycles. The van der Waals surface area contributed by atoms with Gasteiger partial charge in [-0.25, -0.2) is 4.79 Å². The molecule has 0 spiro atoms. The van der Waals surface area contributed by atoms with Crippen LogP contribution in [0.4, 0.5) is 4.79 Å². The quantitative estimate of drug-likeness (QED) is 0.0495. The van der Waals surface area contributed by atoms with E-state index in [0.717, 1.165) is 90.4 Å². The molecular weight excluding hydrogens is 640 g/mol. The van der Waals surface area contributed by atoms with Crippen LogP contribution in [0.3, 0.4) is 0 Å². The van der Waals surface area contributed by atoms with Crippen molar-refractivity contribution in [1.82, 2.24) is 9.80 Å². The van der Waals surface area contributed by atoms with Gasteiger partial charge >= 0.3 is 12.1 Å². The average molecular weight is 727 g/mol. The van der Waals surface area contributed by atoms with Crippen LogP contribution in [0.5, 0.6) is 0 Å². The van der Waals surface area contributed by atoms with E-state index in [0.29, 0.717) is 32.0 Å². The summed E-state index contributed by atoms with van der Waals surface area (Å²) in [4.78, 5) is 29.6. The van der Waals surface area contributed by atoms with Crippen molar-refractivity contribution in [1.29, 1.82) is 0 Å². The van der Waals surface area contributed by atoms with Crippen LogP contribution in [0.1, 0.15) is 195 Å². The summed E-state index contributed by atoms with van der Waals surface area (Å²) in [5.74, 6) is 0.500. The minimum Gasteiger partial charge on any atom is -0.465 e. The first-order valence-electron chi connectivity index (χ1n) is 22.0. The molecule has 0 radical (unpaired) electrons. The second-order valence-corrected chi connectivity index (χ2v) is 14.9. The fourth-order valence-electron chi connectivity index (χ4n) is 6.80. The third-order valence-corrected chi connectivity index (χ3v) is 10.4. The third-order valence-electron chi connectivity index (χ3n) is 10.4. The standard InChI is InChI=1S/C43H86N2O6/c1-6-11-14-17-20-24-29-40(28-23-15-12-7-2)39-50-42(47)32-27-22-19-18-21-26-31-41(30-25-16-13-8-3)51-43(48)49-38-36-45(35-37-46)34-33-44(9-4)10-5/h40-41,46H,6-39H2,1-5H3. The molecule has 0 saturated carbocycles. The number of esters is 1. The van der Waals surface area contributed by atoms with Crippen LogP contribution in [0, 0.1) is 5.92 Å². The zero-order chi connectivity index (χ0) is 37.6. The summed E-state index contributed by atoms with van der Waals surface area (Å²) in [5, 5.41) is 9.46. The third kappa shape index (κ3) is 33.0.